The van der Waals surface area contributed by atoms with Gasteiger partial charge in [0, 0.05) is 17.3 Å². The first-order valence-electron chi connectivity index (χ1n) is 8.66. The largest absolute Gasteiger partial charge is 0.481 e. The fourth-order valence-corrected chi connectivity index (χ4v) is 3.69. The number of hydrogen-bond donors (Lipinski definition) is 2. The van der Waals surface area contributed by atoms with Gasteiger partial charge in [-0.15, -0.1) is 0 Å². The highest BCUT2D eigenvalue weighted by Crippen LogP contribution is 2.28. The fraction of sp³-hybridized carbons (Fsp3) is 0.316. The van der Waals surface area contributed by atoms with Crippen LogP contribution in [0.25, 0.3) is 0 Å². The second-order valence-electron chi connectivity index (χ2n) is 6.53. The van der Waals surface area contributed by atoms with Gasteiger partial charge in [0.05, 0.1) is 4.90 Å². The molecule has 1 saturated carbocycles. The van der Waals surface area contributed by atoms with Crippen molar-refractivity contribution < 1.29 is 17.9 Å². The third-order valence-corrected chi connectivity index (χ3v) is 5.84. The van der Waals surface area contributed by atoms with Crippen LogP contribution in [0.15, 0.2) is 53.4 Å². The summed E-state index contributed by atoms with van der Waals surface area (Å²) in [6, 6.07) is 12.8. The summed E-state index contributed by atoms with van der Waals surface area (Å²) in [7, 11) is -3.52. The Morgan fingerprint density at radius 1 is 1.22 bits per heavy atom. The lowest BCUT2D eigenvalue weighted by atomic mass is 10.3. The Kier molecular flexibility index (Phi) is 6.04. The molecule has 1 aliphatic rings. The van der Waals surface area contributed by atoms with Gasteiger partial charge in [-0.2, -0.15) is 0 Å². The first kappa shape index (κ1) is 19.7. The Hall–Kier alpha value is -2.09. The molecule has 0 bridgehead atoms. The summed E-state index contributed by atoms with van der Waals surface area (Å²) in [6.45, 7) is 2.09. The van der Waals surface area contributed by atoms with Gasteiger partial charge in [0.25, 0.3) is 5.91 Å². The SMILES string of the molecule is CC(Oc1cccc(Cl)c1)C(=O)Nc1ccc(S(=O)(=O)NCC2CC2)cc1. The van der Waals surface area contributed by atoms with E-state index in [9.17, 15) is 13.2 Å². The molecule has 6 nitrogen and oxygen atoms in total. The van der Waals surface area contributed by atoms with E-state index in [0.29, 0.717) is 28.9 Å². The molecule has 0 spiro atoms. The van der Waals surface area contributed by atoms with E-state index in [1.807, 2.05) is 0 Å². The van der Waals surface area contributed by atoms with Crippen LogP contribution in [0.1, 0.15) is 19.8 Å². The number of sulfonamides is 1. The second kappa shape index (κ2) is 8.29. The van der Waals surface area contributed by atoms with Gasteiger partial charge in [-0.05, 0) is 68.1 Å². The average Bonchev–Trinajstić information content (AvgIpc) is 3.45. The third kappa shape index (κ3) is 5.69. The smallest absolute Gasteiger partial charge is 0.265 e. The Balaban J connectivity index is 1.57. The molecule has 8 heteroatoms. The normalized spacial score (nSPS) is 15.2. The van der Waals surface area contributed by atoms with Crippen molar-refractivity contribution in [3.05, 3.63) is 53.6 Å². The van der Waals surface area contributed by atoms with E-state index in [1.54, 1.807) is 43.3 Å². The summed E-state index contributed by atoms with van der Waals surface area (Å²) in [4.78, 5) is 12.4. The van der Waals surface area contributed by atoms with Crippen molar-refractivity contribution in [2.24, 2.45) is 5.92 Å². The topological polar surface area (TPSA) is 84.5 Å². The van der Waals surface area contributed by atoms with Crippen LogP contribution in [-0.2, 0) is 14.8 Å². The molecule has 0 aliphatic heterocycles. The van der Waals surface area contributed by atoms with Crippen LogP contribution in [0.3, 0.4) is 0 Å². The Morgan fingerprint density at radius 2 is 1.93 bits per heavy atom. The van der Waals surface area contributed by atoms with E-state index in [-0.39, 0.29) is 10.8 Å². The number of amides is 1. The first-order chi connectivity index (χ1) is 12.8. The highest BCUT2D eigenvalue weighted by atomic mass is 35.5. The maximum Gasteiger partial charge on any atom is 0.265 e. The van der Waals surface area contributed by atoms with Gasteiger partial charge in [0.15, 0.2) is 6.10 Å². The Labute approximate surface area is 163 Å². The molecule has 144 valence electrons. The van der Waals surface area contributed by atoms with Gasteiger partial charge < -0.3 is 10.1 Å². The van der Waals surface area contributed by atoms with Crippen LogP contribution < -0.4 is 14.8 Å². The maximum atomic E-state index is 12.3. The zero-order chi connectivity index (χ0) is 19.4. The van der Waals surface area contributed by atoms with Gasteiger partial charge in [-0.25, -0.2) is 13.1 Å². The summed E-state index contributed by atoms with van der Waals surface area (Å²) < 4.78 is 32.6. The van der Waals surface area contributed by atoms with Crippen LogP contribution in [-0.4, -0.2) is 27.0 Å². The molecule has 1 atom stereocenters. The Bertz CT molecular complexity index is 912. The van der Waals surface area contributed by atoms with E-state index >= 15 is 0 Å². The average molecular weight is 409 g/mol. The molecule has 3 rings (SSSR count). The molecule has 1 amide bonds. The fourth-order valence-electron chi connectivity index (χ4n) is 2.39. The number of nitrogens with one attached hydrogen (secondary N) is 2. The summed E-state index contributed by atoms with van der Waals surface area (Å²) in [5.41, 5.74) is 0.489. The molecule has 2 aromatic carbocycles. The standard InChI is InChI=1S/C19H21ClN2O4S/c1-13(26-17-4-2-3-15(20)11-17)19(23)22-16-7-9-18(10-8-16)27(24,25)21-12-14-5-6-14/h2-4,7-11,13-14,21H,5-6,12H2,1H3,(H,22,23). The molecule has 27 heavy (non-hydrogen) atoms. The molecule has 0 radical (unpaired) electrons. The van der Waals surface area contributed by atoms with Crippen LogP contribution in [0.5, 0.6) is 5.75 Å². The number of rotatable bonds is 8. The predicted molar refractivity (Wildman–Crippen MR) is 105 cm³/mol. The van der Waals surface area contributed by atoms with Gasteiger partial charge >= 0.3 is 0 Å². The van der Waals surface area contributed by atoms with Crippen molar-refractivity contribution in [3.63, 3.8) is 0 Å². The molecule has 0 saturated heterocycles. The molecule has 2 aromatic rings. The molecule has 1 unspecified atom stereocenters. The van der Waals surface area contributed by atoms with Crippen molar-refractivity contribution in [1.82, 2.24) is 4.72 Å². The molecule has 1 aliphatic carbocycles. The maximum absolute atomic E-state index is 12.3. The minimum Gasteiger partial charge on any atom is -0.481 e. The van der Waals surface area contributed by atoms with Crippen LogP contribution in [0.2, 0.25) is 5.02 Å². The van der Waals surface area contributed by atoms with E-state index in [4.69, 9.17) is 16.3 Å². The van der Waals surface area contributed by atoms with E-state index in [1.165, 1.54) is 12.1 Å². The third-order valence-electron chi connectivity index (χ3n) is 4.17. The molecule has 0 aromatic heterocycles. The number of benzene rings is 2. The number of anilines is 1. The van der Waals surface area contributed by atoms with Gasteiger partial charge in [0.1, 0.15) is 5.75 Å². The minimum absolute atomic E-state index is 0.171. The lowest BCUT2D eigenvalue weighted by Gasteiger charge is -2.15. The molecular formula is C19H21ClN2O4S. The van der Waals surface area contributed by atoms with Crippen molar-refractivity contribution in [2.45, 2.75) is 30.8 Å². The molecule has 0 heterocycles. The zero-order valence-corrected chi connectivity index (χ0v) is 16.4. The van der Waals surface area contributed by atoms with E-state index < -0.39 is 16.1 Å². The van der Waals surface area contributed by atoms with Gasteiger partial charge in [-0.1, -0.05) is 17.7 Å². The number of ether oxygens (including phenoxy) is 1. The highest BCUT2D eigenvalue weighted by molar-refractivity contribution is 7.89. The first-order valence-corrected chi connectivity index (χ1v) is 10.5. The number of carbonyl (C=O) groups is 1. The second-order valence-corrected chi connectivity index (χ2v) is 8.73. The van der Waals surface area contributed by atoms with E-state index in [0.717, 1.165) is 12.8 Å². The molecule has 2 N–H and O–H groups in total. The van der Waals surface area contributed by atoms with Gasteiger partial charge in [0.2, 0.25) is 10.0 Å². The zero-order valence-electron chi connectivity index (χ0n) is 14.8. The monoisotopic (exact) mass is 408 g/mol. The van der Waals surface area contributed by atoms with Crippen molar-refractivity contribution in [2.75, 3.05) is 11.9 Å². The molecule has 1 fully saturated rings. The highest BCUT2D eigenvalue weighted by Gasteiger charge is 2.24. The summed E-state index contributed by atoms with van der Waals surface area (Å²) >= 11 is 5.90. The Morgan fingerprint density at radius 3 is 2.56 bits per heavy atom. The van der Waals surface area contributed by atoms with Crippen LogP contribution >= 0.6 is 11.6 Å². The van der Waals surface area contributed by atoms with Crippen molar-refractivity contribution in [1.29, 1.82) is 0 Å². The quantitative estimate of drug-likeness (QED) is 0.700. The number of hydrogen-bond acceptors (Lipinski definition) is 4. The number of carbonyl (C=O) groups excluding carboxylic acids is 1. The minimum atomic E-state index is -3.52. The van der Waals surface area contributed by atoms with Crippen LogP contribution in [0, 0.1) is 5.92 Å². The van der Waals surface area contributed by atoms with Crippen molar-refractivity contribution in [3.8, 4) is 5.75 Å². The number of halogens is 1. The summed E-state index contributed by atoms with van der Waals surface area (Å²) in [5, 5.41) is 3.22. The van der Waals surface area contributed by atoms with Gasteiger partial charge in [-0.3, -0.25) is 4.79 Å². The van der Waals surface area contributed by atoms with Crippen molar-refractivity contribution >= 4 is 33.2 Å². The van der Waals surface area contributed by atoms with E-state index in [2.05, 4.69) is 10.0 Å². The molecular weight excluding hydrogens is 388 g/mol. The predicted octanol–water partition coefficient (Wildman–Crippen LogP) is 3.43. The lowest BCUT2D eigenvalue weighted by molar-refractivity contribution is -0.122. The lowest BCUT2D eigenvalue weighted by Crippen LogP contribution is -2.30. The summed E-state index contributed by atoms with van der Waals surface area (Å²) in [5.74, 6) is 0.602. The summed E-state index contributed by atoms with van der Waals surface area (Å²) in [6.07, 6.45) is 1.40. The van der Waals surface area contributed by atoms with Crippen LogP contribution in [0.4, 0.5) is 5.69 Å².